The molecule has 0 aromatic carbocycles. The van der Waals surface area contributed by atoms with Crippen LogP contribution in [0.5, 0.6) is 0 Å². The van der Waals surface area contributed by atoms with E-state index in [1.165, 1.54) is 18.2 Å². The molecule has 0 bridgehead atoms. The molecule has 0 aromatic heterocycles. The number of carbonyl (C=O) groups is 4. The molecule has 1 rings (SSSR count). The van der Waals surface area contributed by atoms with Gasteiger partial charge in [-0.1, -0.05) is 73.6 Å². The summed E-state index contributed by atoms with van der Waals surface area (Å²) in [6.45, 7) is 5.80. The van der Waals surface area contributed by atoms with Gasteiger partial charge in [0.25, 0.3) is 0 Å². The third-order valence-corrected chi connectivity index (χ3v) is 7.22. The lowest BCUT2D eigenvalue weighted by Crippen LogP contribution is -2.50. The molecular formula is C33H45ClN2O8. The van der Waals surface area contributed by atoms with Gasteiger partial charge in [0.1, 0.15) is 18.0 Å². The Hall–Kier alpha value is -3.73. The highest BCUT2D eigenvalue weighted by molar-refractivity contribution is 6.29. The van der Waals surface area contributed by atoms with Crippen molar-refractivity contribution < 1.29 is 39.2 Å². The molecule has 11 heteroatoms. The molecule has 1 aliphatic carbocycles. The fraction of sp³-hybridized carbons (Fsp3) is 0.455. The lowest BCUT2D eigenvalue weighted by Gasteiger charge is -2.29. The van der Waals surface area contributed by atoms with E-state index in [9.17, 15) is 29.4 Å². The number of nitrogens with two attached hydrogens (primary N) is 1. The van der Waals surface area contributed by atoms with E-state index in [2.05, 4.69) is 5.32 Å². The SMILES string of the molecule is CC/C=C/[C@H](CCCC(=O)CC[C@H](C)/C(Cl)=C/C=C/C=C(C)/C=C/C=C/C(=O)NC1C=C(C(=O)O)CC(O)C1O)OC(N)=O. The fourth-order valence-corrected chi connectivity index (χ4v) is 4.35. The van der Waals surface area contributed by atoms with E-state index in [1.807, 2.05) is 39.0 Å². The van der Waals surface area contributed by atoms with E-state index in [0.29, 0.717) is 37.1 Å². The number of hydrogen-bond acceptors (Lipinski definition) is 7. The summed E-state index contributed by atoms with van der Waals surface area (Å²) in [5.74, 6) is -1.62. The minimum atomic E-state index is -1.30. The quantitative estimate of drug-likeness (QED) is 0.0802. The van der Waals surface area contributed by atoms with Crippen molar-refractivity contribution in [3.05, 3.63) is 83.0 Å². The van der Waals surface area contributed by atoms with Gasteiger partial charge in [0, 0.05) is 35.9 Å². The van der Waals surface area contributed by atoms with E-state index >= 15 is 0 Å². The molecule has 0 radical (unpaired) electrons. The molecule has 6 N–H and O–H groups in total. The number of carbonyl (C=O) groups excluding carboxylic acids is 3. The number of Topliss-reactive ketones (excluding diaryl/α,β-unsaturated/α-hetero) is 1. The molecule has 5 atom stereocenters. The largest absolute Gasteiger partial charge is 0.478 e. The molecule has 0 saturated heterocycles. The maximum atomic E-state index is 12.3. The van der Waals surface area contributed by atoms with Crippen LogP contribution in [0.15, 0.2) is 83.0 Å². The third kappa shape index (κ3) is 16.2. The van der Waals surface area contributed by atoms with Gasteiger partial charge < -0.3 is 31.1 Å². The zero-order chi connectivity index (χ0) is 33.1. The molecular weight excluding hydrogens is 588 g/mol. The molecule has 0 spiro atoms. The van der Waals surface area contributed by atoms with Crippen LogP contribution in [0.2, 0.25) is 0 Å². The van der Waals surface area contributed by atoms with E-state index in [4.69, 9.17) is 27.2 Å². The minimum absolute atomic E-state index is 0.00847. The predicted molar refractivity (Wildman–Crippen MR) is 171 cm³/mol. The number of hydrogen-bond donors (Lipinski definition) is 5. The number of rotatable bonds is 18. The van der Waals surface area contributed by atoms with Gasteiger partial charge in [-0.2, -0.15) is 0 Å². The highest BCUT2D eigenvalue weighted by Crippen LogP contribution is 2.22. The maximum absolute atomic E-state index is 12.3. The van der Waals surface area contributed by atoms with Crippen molar-refractivity contribution in [3.63, 3.8) is 0 Å². The number of allylic oxidation sites excluding steroid dienone is 10. The number of aliphatic hydroxyl groups excluding tert-OH is 2. The Balaban J connectivity index is 2.47. The number of aliphatic hydroxyl groups is 2. The summed E-state index contributed by atoms with van der Waals surface area (Å²) in [7, 11) is 0. The van der Waals surface area contributed by atoms with Crippen molar-refractivity contribution >= 4 is 35.4 Å². The fourth-order valence-electron chi connectivity index (χ4n) is 4.16. The summed E-state index contributed by atoms with van der Waals surface area (Å²) in [4.78, 5) is 46.7. The number of ketones is 1. The molecule has 2 amide bonds. The summed E-state index contributed by atoms with van der Waals surface area (Å²) < 4.78 is 5.05. The molecule has 1 aliphatic rings. The van der Waals surface area contributed by atoms with Gasteiger partial charge in [-0.05, 0) is 56.8 Å². The first-order valence-electron chi connectivity index (χ1n) is 14.6. The molecule has 242 valence electrons. The van der Waals surface area contributed by atoms with Crippen molar-refractivity contribution in [2.45, 2.75) is 90.1 Å². The van der Waals surface area contributed by atoms with E-state index in [-0.39, 0.29) is 23.7 Å². The van der Waals surface area contributed by atoms with Crippen LogP contribution in [0.1, 0.15) is 65.7 Å². The number of ether oxygens (including phenoxy) is 1. The average molecular weight is 633 g/mol. The zero-order valence-corrected chi connectivity index (χ0v) is 26.3. The number of aliphatic carboxylic acids is 1. The zero-order valence-electron chi connectivity index (χ0n) is 25.5. The smallest absolute Gasteiger partial charge is 0.405 e. The van der Waals surface area contributed by atoms with Gasteiger partial charge in [0.15, 0.2) is 0 Å². The van der Waals surface area contributed by atoms with Gasteiger partial charge >= 0.3 is 12.1 Å². The van der Waals surface area contributed by atoms with Crippen molar-refractivity contribution in [2.75, 3.05) is 0 Å². The molecule has 0 saturated carbocycles. The molecule has 0 aromatic rings. The lowest BCUT2D eigenvalue weighted by atomic mass is 9.90. The van der Waals surface area contributed by atoms with Crippen molar-refractivity contribution in [3.8, 4) is 0 Å². The highest BCUT2D eigenvalue weighted by Gasteiger charge is 2.33. The van der Waals surface area contributed by atoms with Crippen molar-refractivity contribution in [1.82, 2.24) is 5.32 Å². The number of carboxylic acids is 1. The Kier molecular flexibility index (Phi) is 18.3. The standard InChI is InChI=1S/C33H45ClN2O8/c1-4-5-14-26(44-33(35)43)15-10-13-25(37)19-18-23(3)27(34)16-8-6-11-22(2)12-7-9-17-30(39)36-28-20-24(32(41)42)21-29(38)31(28)40/h5-9,11-12,14,16-17,20,23,26,28-29,31,38,40H,4,10,13,15,18-19,21H2,1-3H3,(H2,35,43)(H,36,39)(H,41,42)/b8-6+,12-7+,14-5+,17-9+,22-11+,27-16-/t23-,26+,28?,29?,31?/m0/s1. The van der Waals surface area contributed by atoms with Gasteiger partial charge in [0.2, 0.25) is 5.91 Å². The summed E-state index contributed by atoms with van der Waals surface area (Å²) in [6, 6.07) is -1.01. The summed E-state index contributed by atoms with van der Waals surface area (Å²) >= 11 is 6.40. The Bertz CT molecular complexity index is 1200. The summed E-state index contributed by atoms with van der Waals surface area (Å²) in [6.07, 6.45) is 17.6. The second-order valence-corrected chi connectivity index (χ2v) is 11.0. The van der Waals surface area contributed by atoms with Crippen LogP contribution in [-0.2, 0) is 19.1 Å². The number of carboxylic acid groups (broad SMARTS) is 1. The summed E-state index contributed by atoms with van der Waals surface area (Å²) in [5, 5.41) is 32.1. The Morgan fingerprint density at radius 3 is 2.43 bits per heavy atom. The molecule has 3 unspecified atom stereocenters. The number of halogens is 1. The topological polar surface area (TPSA) is 176 Å². The lowest BCUT2D eigenvalue weighted by molar-refractivity contribution is -0.134. The second kappa shape index (κ2) is 21.1. The van der Waals surface area contributed by atoms with Crippen LogP contribution < -0.4 is 11.1 Å². The van der Waals surface area contributed by atoms with E-state index < -0.39 is 42.3 Å². The molecule has 44 heavy (non-hydrogen) atoms. The average Bonchev–Trinajstić information content (AvgIpc) is 2.96. The summed E-state index contributed by atoms with van der Waals surface area (Å²) in [5.41, 5.74) is 5.93. The van der Waals surface area contributed by atoms with Crippen LogP contribution in [0, 0.1) is 5.92 Å². The van der Waals surface area contributed by atoms with Crippen LogP contribution in [0.4, 0.5) is 4.79 Å². The van der Waals surface area contributed by atoms with Gasteiger partial charge in [0.05, 0.1) is 12.1 Å². The van der Waals surface area contributed by atoms with Crippen LogP contribution >= 0.6 is 11.6 Å². The monoisotopic (exact) mass is 632 g/mol. The van der Waals surface area contributed by atoms with E-state index in [0.717, 1.165) is 12.0 Å². The molecule has 0 heterocycles. The molecule has 0 fully saturated rings. The van der Waals surface area contributed by atoms with Gasteiger partial charge in [-0.3, -0.25) is 9.59 Å². The highest BCUT2D eigenvalue weighted by atomic mass is 35.5. The van der Waals surface area contributed by atoms with Gasteiger partial charge in [-0.25, -0.2) is 9.59 Å². The maximum Gasteiger partial charge on any atom is 0.405 e. The first-order valence-corrected chi connectivity index (χ1v) is 15.0. The molecule has 10 nitrogen and oxygen atoms in total. The third-order valence-electron chi connectivity index (χ3n) is 6.72. The van der Waals surface area contributed by atoms with Crippen molar-refractivity contribution in [1.29, 1.82) is 0 Å². The number of amides is 2. The van der Waals surface area contributed by atoms with E-state index in [1.54, 1.807) is 30.4 Å². The first-order chi connectivity index (χ1) is 20.8. The first kappa shape index (κ1) is 38.3. The normalized spacial score (nSPS) is 21.1. The predicted octanol–water partition coefficient (Wildman–Crippen LogP) is 4.93. The number of nitrogens with one attached hydrogen (secondary N) is 1. The minimum Gasteiger partial charge on any atom is -0.478 e. The Morgan fingerprint density at radius 2 is 1.77 bits per heavy atom. The van der Waals surface area contributed by atoms with Crippen LogP contribution in [0.25, 0.3) is 0 Å². The molecule has 0 aliphatic heterocycles. The second-order valence-electron chi connectivity index (χ2n) is 10.5. The Labute approximate surface area is 264 Å². The van der Waals surface area contributed by atoms with Crippen LogP contribution in [-0.4, -0.2) is 63.4 Å². The van der Waals surface area contributed by atoms with Gasteiger partial charge in [-0.15, -0.1) is 0 Å². The Morgan fingerprint density at radius 1 is 1.09 bits per heavy atom. The van der Waals surface area contributed by atoms with Crippen molar-refractivity contribution in [2.24, 2.45) is 11.7 Å². The van der Waals surface area contributed by atoms with Crippen LogP contribution in [0.3, 0.4) is 0 Å². The number of primary amides is 1.